The quantitative estimate of drug-likeness (QED) is 0.862. The van der Waals surface area contributed by atoms with Crippen molar-refractivity contribution in [2.45, 2.75) is 25.6 Å². The van der Waals surface area contributed by atoms with Crippen molar-refractivity contribution >= 4 is 17.6 Å². The van der Waals surface area contributed by atoms with Gasteiger partial charge in [-0.05, 0) is 18.1 Å². The van der Waals surface area contributed by atoms with Gasteiger partial charge in [-0.25, -0.2) is 0 Å². The fraction of sp³-hybridized carbons (Fsp3) is 0.417. The molecule has 1 aromatic rings. The Morgan fingerprint density at radius 1 is 1.24 bits per heavy atom. The van der Waals surface area contributed by atoms with Gasteiger partial charge in [-0.2, -0.15) is 17.6 Å². The predicted octanol–water partition coefficient (Wildman–Crippen LogP) is 3.56. The summed E-state index contributed by atoms with van der Waals surface area (Å²) in [6.07, 6.45) is -9.73. The zero-order valence-electron chi connectivity index (χ0n) is 10.5. The van der Waals surface area contributed by atoms with Gasteiger partial charge in [0.25, 0.3) is 0 Å². The number of aliphatic carboxylic acids is 1. The summed E-state index contributed by atoms with van der Waals surface area (Å²) in [5.74, 6) is -3.21. The van der Waals surface area contributed by atoms with Crippen LogP contribution in [-0.2, 0) is 11.2 Å². The fourth-order valence-electron chi connectivity index (χ4n) is 1.71. The summed E-state index contributed by atoms with van der Waals surface area (Å²) in [5.41, 5.74) is 0.176. The van der Waals surface area contributed by atoms with Crippen molar-refractivity contribution in [3.8, 4) is 11.5 Å². The molecule has 0 saturated heterocycles. The van der Waals surface area contributed by atoms with Crippen LogP contribution in [0.2, 0.25) is 5.02 Å². The van der Waals surface area contributed by atoms with E-state index in [9.17, 15) is 22.4 Å². The molecule has 1 aliphatic heterocycles. The second-order valence-corrected chi connectivity index (χ2v) is 4.98. The summed E-state index contributed by atoms with van der Waals surface area (Å²) in [7, 11) is 0. The average Bonchev–Trinajstić information content (AvgIpc) is 2.32. The van der Waals surface area contributed by atoms with Gasteiger partial charge < -0.3 is 14.6 Å². The molecule has 0 aliphatic carbocycles. The number of rotatable bonds is 3. The maximum atomic E-state index is 13.1. The van der Waals surface area contributed by atoms with E-state index in [0.29, 0.717) is 0 Å². The first kappa shape index (κ1) is 15.7. The monoisotopic (exact) mass is 328 g/mol. The minimum Gasteiger partial charge on any atom is -0.481 e. The summed E-state index contributed by atoms with van der Waals surface area (Å²) in [6.45, 7) is 1.39. The van der Waals surface area contributed by atoms with Crippen LogP contribution in [0.1, 0.15) is 12.5 Å². The molecule has 21 heavy (non-hydrogen) atoms. The standard InChI is InChI=1S/C12H9ClF4O4/c1-5(10(18)19)2-6-3-8-9(4-7(6)13)21-12(16,17)11(14,15)20-8/h3-5H,2H2,1H3,(H,18,19). The molecule has 0 radical (unpaired) electrons. The van der Waals surface area contributed by atoms with Crippen molar-refractivity contribution in [3.05, 3.63) is 22.7 Å². The van der Waals surface area contributed by atoms with E-state index in [-0.39, 0.29) is 17.0 Å². The second kappa shape index (κ2) is 4.94. The topological polar surface area (TPSA) is 55.8 Å². The average molecular weight is 329 g/mol. The summed E-state index contributed by atoms with van der Waals surface area (Å²) < 4.78 is 60.0. The van der Waals surface area contributed by atoms with Crippen molar-refractivity contribution < 1.29 is 36.9 Å². The summed E-state index contributed by atoms with van der Waals surface area (Å²) in [6, 6.07) is 1.87. The summed E-state index contributed by atoms with van der Waals surface area (Å²) in [5, 5.41) is 8.73. The number of hydrogen-bond donors (Lipinski definition) is 1. The van der Waals surface area contributed by atoms with Crippen molar-refractivity contribution in [1.29, 1.82) is 0 Å². The molecule has 0 fully saturated rings. The molecule has 1 unspecified atom stereocenters. The smallest absolute Gasteiger partial charge is 0.481 e. The van der Waals surface area contributed by atoms with Gasteiger partial charge in [-0.3, -0.25) is 4.79 Å². The Balaban J connectivity index is 2.37. The highest BCUT2D eigenvalue weighted by Gasteiger charge is 2.66. The Morgan fingerprint density at radius 2 is 1.71 bits per heavy atom. The molecule has 1 aromatic carbocycles. The first-order valence-corrected chi connectivity index (χ1v) is 6.10. The molecule has 4 nitrogen and oxygen atoms in total. The zero-order chi connectivity index (χ0) is 16.0. The van der Waals surface area contributed by atoms with Crippen LogP contribution in [-0.4, -0.2) is 23.3 Å². The summed E-state index contributed by atoms with van der Waals surface area (Å²) >= 11 is 5.81. The minimum atomic E-state index is -4.83. The van der Waals surface area contributed by atoms with Gasteiger partial charge in [-0.1, -0.05) is 18.5 Å². The fourth-order valence-corrected chi connectivity index (χ4v) is 1.94. The van der Waals surface area contributed by atoms with E-state index in [4.69, 9.17) is 16.7 Å². The van der Waals surface area contributed by atoms with E-state index in [2.05, 4.69) is 9.47 Å². The number of halogens is 5. The highest BCUT2D eigenvalue weighted by molar-refractivity contribution is 6.31. The minimum absolute atomic E-state index is 0.0766. The molecular weight excluding hydrogens is 320 g/mol. The van der Waals surface area contributed by atoms with Gasteiger partial charge in [0.2, 0.25) is 0 Å². The largest absolute Gasteiger partial charge is 0.507 e. The van der Waals surface area contributed by atoms with Crippen molar-refractivity contribution in [1.82, 2.24) is 0 Å². The van der Waals surface area contributed by atoms with Crippen LogP contribution in [0.3, 0.4) is 0 Å². The van der Waals surface area contributed by atoms with E-state index < -0.39 is 35.6 Å². The van der Waals surface area contributed by atoms with Crippen LogP contribution in [0.4, 0.5) is 17.6 Å². The Morgan fingerprint density at radius 3 is 2.19 bits per heavy atom. The predicted molar refractivity (Wildman–Crippen MR) is 63.1 cm³/mol. The maximum absolute atomic E-state index is 13.1. The molecular formula is C12H9ClF4O4. The number of benzene rings is 1. The third-order valence-corrected chi connectivity index (χ3v) is 3.23. The van der Waals surface area contributed by atoms with Crippen LogP contribution >= 0.6 is 11.6 Å². The highest BCUT2D eigenvalue weighted by atomic mass is 35.5. The zero-order valence-corrected chi connectivity index (χ0v) is 11.3. The normalized spacial score (nSPS) is 19.9. The SMILES string of the molecule is CC(Cc1cc2c(cc1Cl)OC(F)(F)C(F)(F)O2)C(=O)O. The number of ether oxygens (including phenoxy) is 2. The lowest BCUT2D eigenvalue weighted by Crippen LogP contribution is -2.52. The number of carboxylic acids is 1. The third-order valence-electron chi connectivity index (χ3n) is 2.88. The first-order chi connectivity index (χ1) is 9.53. The molecule has 1 aliphatic rings. The Kier molecular flexibility index (Phi) is 3.69. The molecule has 116 valence electrons. The molecule has 0 bridgehead atoms. The van der Waals surface area contributed by atoms with Crippen molar-refractivity contribution in [2.75, 3.05) is 0 Å². The van der Waals surface area contributed by atoms with Crippen molar-refractivity contribution in [2.24, 2.45) is 5.92 Å². The molecule has 1 heterocycles. The molecule has 0 amide bonds. The molecule has 1 N–H and O–H groups in total. The molecule has 0 spiro atoms. The summed E-state index contributed by atoms with van der Waals surface area (Å²) in [4.78, 5) is 10.8. The van der Waals surface area contributed by atoms with Crippen LogP contribution in [0, 0.1) is 5.92 Å². The Bertz CT molecular complexity index is 591. The maximum Gasteiger partial charge on any atom is 0.507 e. The van der Waals surface area contributed by atoms with Crippen LogP contribution in [0.25, 0.3) is 0 Å². The van der Waals surface area contributed by atoms with Gasteiger partial charge in [0.15, 0.2) is 11.5 Å². The van der Waals surface area contributed by atoms with Crippen LogP contribution < -0.4 is 9.47 Å². The molecule has 2 rings (SSSR count). The van der Waals surface area contributed by atoms with Crippen LogP contribution in [0.15, 0.2) is 12.1 Å². The number of carbonyl (C=O) groups is 1. The van der Waals surface area contributed by atoms with Crippen LogP contribution in [0.5, 0.6) is 11.5 Å². The van der Waals surface area contributed by atoms with Gasteiger partial charge in [0.05, 0.1) is 5.92 Å². The number of hydrogen-bond acceptors (Lipinski definition) is 3. The molecule has 9 heteroatoms. The van der Waals surface area contributed by atoms with Gasteiger partial charge in [0, 0.05) is 11.1 Å². The van der Waals surface area contributed by atoms with Crippen molar-refractivity contribution in [3.63, 3.8) is 0 Å². The highest BCUT2D eigenvalue weighted by Crippen LogP contribution is 2.48. The lowest BCUT2D eigenvalue weighted by Gasteiger charge is -2.32. The molecule has 0 aromatic heterocycles. The van der Waals surface area contributed by atoms with E-state index >= 15 is 0 Å². The third kappa shape index (κ3) is 2.85. The number of alkyl halides is 4. The van der Waals surface area contributed by atoms with Gasteiger partial charge in [0.1, 0.15) is 0 Å². The number of carboxylic acid groups (broad SMARTS) is 1. The Hall–Kier alpha value is -1.70. The van der Waals surface area contributed by atoms with E-state index in [1.54, 1.807) is 0 Å². The molecule has 0 saturated carbocycles. The Labute approximate surface area is 121 Å². The first-order valence-electron chi connectivity index (χ1n) is 5.72. The van der Waals surface area contributed by atoms with E-state index in [1.807, 2.05) is 0 Å². The van der Waals surface area contributed by atoms with Gasteiger partial charge in [-0.15, -0.1) is 0 Å². The van der Waals surface area contributed by atoms with Gasteiger partial charge >= 0.3 is 18.2 Å². The van der Waals surface area contributed by atoms with E-state index in [1.165, 1.54) is 6.92 Å². The lowest BCUT2D eigenvalue weighted by molar-refractivity contribution is -0.391. The second-order valence-electron chi connectivity index (χ2n) is 4.57. The molecule has 1 atom stereocenters. The lowest BCUT2D eigenvalue weighted by atomic mass is 10.0. The van der Waals surface area contributed by atoms with E-state index in [0.717, 1.165) is 12.1 Å². The number of fused-ring (bicyclic) bond motifs is 1.